The number of aromatic nitrogens is 2. The van der Waals surface area contributed by atoms with Gasteiger partial charge in [0.25, 0.3) is 5.56 Å². The van der Waals surface area contributed by atoms with Gasteiger partial charge in [0.2, 0.25) is 0 Å². The van der Waals surface area contributed by atoms with Gasteiger partial charge in [-0.05, 0) is 24.5 Å². The van der Waals surface area contributed by atoms with Crippen molar-refractivity contribution in [1.82, 2.24) is 9.97 Å². The number of aliphatic hydroxyl groups excluding tert-OH is 1. The van der Waals surface area contributed by atoms with Crippen molar-refractivity contribution in [2.75, 3.05) is 18.6 Å². The third-order valence-electron chi connectivity index (χ3n) is 4.09. The highest BCUT2D eigenvalue weighted by atomic mass is 35.5. The molecule has 5 nitrogen and oxygen atoms in total. The topological polar surface area (TPSA) is 85.9 Å². The molecule has 3 aromatic rings. The minimum Gasteiger partial charge on any atom is -0.395 e. The van der Waals surface area contributed by atoms with E-state index < -0.39 is 22.9 Å². The van der Waals surface area contributed by atoms with Gasteiger partial charge in [0.15, 0.2) is 0 Å². The maximum absolute atomic E-state index is 14.5. The van der Waals surface area contributed by atoms with Crippen LogP contribution in [0.3, 0.4) is 0 Å². The summed E-state index contributed by atoms with van der Waals surface area (Å²) >= 11 is 9.05. The molecule has 3 N–H and O–H groups in total. The fourth-order valence-corrected chi connectivity index (χ4v) is 5.09. The van der Waals surface area contributed by atoms with Crippen LogP contribution in [0.15, 0.2) is 38.8 Å². The van der Waals surface area contributed by atoms with E-state index in [1.807, 2.05) is 6.26 Å². The summed E-state index contributed by atoms with van der Waals surface area (Å²) in [4.78, 5) is 29.1. The molecule has 0 saturated carbocycles. The summed E-state index contributed by atoms with van der Waals surface area (Å²) in [5, 5.41) is 9.55. The SMILES string of the molecule is CSC(CO)CSc1c(-c2ccc(F)cc2F)c(Cl)cc2c(=O)[nH]c(=O)[nH]c12. The zero-order chi connectivity index (χ0) is 20.4. The summed E-state index contributed by atoms with van der Waals surface area (Å²) in [6.07, 6.45) is 1.84. The van der Waals surface area contributed by atoms with E-state index in [0.29, 0.717) is 10.6 Å². The van der Waals surface area contributed by atoms with E-state index in [2.05, 4.69) is 9.97 Å². The standard InChI is InChI=1S/C18H15ClF2N2O3S2/c1-27-9(6-24)7-28-16-14(10-3-2-8(20)4-13(10)21)12(19)5-11-15(16)22-18(26)23-17(11)25/h2-5,9,24H,6-7H2,1H3,(H2,22,23,25,26). The molecular weight excluding hydrogens is 430 g/mol. The molecule has 0 radical (unpaired) electrons. The van der Waals surface area contributed by atoms with Crippen LogP contribution in [0.1, 0.15) is 0 Å². The van der Waals surface area contributed by atoms with Crippen LogP contribution < -0.4 is 11.2 Å². The highest BCUT2D eigenvalue weighted by Gasteiger charge is 2.21. The normalized spacial score (nSPS) is 12.5. The van der Waals surface area contributed by atoms with E-state index in [1.165, 1.54) is 35.7 Å². The maximum atomic E-state index is 14.5. The molecule has 0 bridgehead atoms. The van der Waals surface area contributed by atoms with Gasteiger partial charge in [0, 0.05) is 33.1 Å². The molecule has 0 fully saturated rings. The van der Waals surface area contributed by atoms with Crippen molar-refractivity contribution in [3.8, 4) is 11.1 Å². The first-order valence-corrected chi connectivity index (χ1v) is 10.7. The van der Waals surface area contributed by atoms with Crippen LogP contribution in [0.4, 0.5) is 8.78 Å². The van der Waals surface area contributed by atoms with Crippen LogP contribution in [0.5, 0.6) is 0 Å². The van der Waals surface area contributed by atoms with E-state index in [9.17, 15) is 23.5 Å². The largest absolute Gasteiger partial charge is 0.395 e. The monoisotopic (exact) mass is 444 g/mol. The molecule has 10 heteroatoms. The lowest BCUT2D eigenvalue weighted by atomic mass is 10.0. The third-order valence-corrected chi connectivity index (χ3v) is 6.85. The van der Waals surface area contributed by atoms with E-state index in [-0.39, 0.29) is 38.9 Å². The van der Waals surface area contributed by atoms with Crippen molar-refractivity contribution in [3.05, 3.63) is 61.8 Å². The number of hydrogen-bond donors (Lipinski definition) is 3. The van der Waals surface area contributed by atoms with E-state index in [0.717, 1.165) is 12.1 Å². The second-order valence-corrected chi connectivity index (χ2v) is 8.44. The number of aromatic amines is 2. The minimum absolute atomic E-state index is 0.0432. The molecule has 0 aliphatic carbocycles. The second-order valence-electron chi connectivity index (χ2n) is 5.87. The van der Waals surface area contributed by atoms with Gasteiger partial charge in [-0.25, -0.2) is 13.6 Å². The Bertz CT molecular complexity index is 1150. The average molecular weight is 445 g/mol. The zero-order valence-corrected chi connectivity index (χ0v) is 16.9. The number of benzene rings is 2. The average Bonchev–Trinajstić information content (AvgIpc) is 2.64. The van der Waals surface area contributed by atoms with Crippen LogP contribution in [0.25, 0.3) is 22.0 Å². The van der Waals surface area contributed by atoms with Gasteiger partial charge in [0.05, 0.1) is 22.5 Å². The van der Waals surface area contributed by atoms with Crippen LogP contribution in [-0.4, -0.2) is 38.9 Å². The highest BCUT2D eigenvalue weighted by Crippen LogP contribution is 2.42. The van der Waals surface area contributed by atoms with Gasteiger partial charge in [-0.1, -0.05) is 11.6 Å². The van der Waals surface area contributed by atoms with Gasteiger partial charge in [-0.2, -0.15) is 11.8 Å². The Labute approximate surface area is 171 Å². The summed E-state index contributed by atoms with van der Waals surface area (Å²) in [5.74, 6) is -1.14. The van der Waals surface area contributed by atoms with E-state index in [1.54, 1.807) is 0 Å². The van der Waals surface area contributed by atoms with Crippen molar-refractivity contribution in [3.63, 3.8) is 0 Å². The fraction of sp³-hybridized carbons (Fsp3) is 0.222. The predicted octanol–water partition coefficient (Wildman–Crippen LogP) is 3.63. The molecule has 148 valence electrons. The molecule has 0 amide bonds. The first kappa shape index (κ1) is 20.9. The second kappa shape index (κ2) is 8.69. The minimum atomic E-state index is -0.820. The van der Waals surface area contributed by atoms with Crippen LogP contribution >= 0.6 is 35.1 Å². The molecule has 0 saturated heterocycles. The summed E-state index contributed by atoms with van der Waals surface area (Å²) < 4.78 is 27.9. The molecule has 0 spiro atoms. The first-order chi connectivity index (χ1) is 13.3. The Morgan fingerprint density at radius 1 is 1.21 bits per heavy atom. The van der Waals surface area contributed by atoms with Gasteiger partial charge >= 0.3 is 5.69 Å². The number of rotatable bonds is 6. The number of halogens is 3. The number of fused-ring (bicyclic) bond motifs is 1. The van der Waals surface area contributed by atoms with Crippen molar-refractivity contribution >= 4 is 46.0 Å². The van der Waals surface area contributed by atoms with Crippen molar-refractivity contribution in [1.29, 1.82) is 0 Å². The highest BCUT2D eigenvalue weighted by molar-refractivity contribution is 8.03. The van der Waals surface area contributed by atoms with Crippen molar-refractivity contribution < 1.29 is 13.9 Å². The summed E-state index contributed by atoms with van der Waals surface area (Å²) in [5.41, 5.74) is -0.843. The molecule has 1 aromatic heterocycles. The Morgan fingerprint density at radius 3 is 2.61 bits per heavy atom. The van der Waals surface area contributed by atoms with Crippen LogP contribution in [-0.2, 0) is 0 Å². The Hall–Kier alpha value is -1.81. The lowest BCUT2D eigenvalue weighted by molar-refractivity contribution is 0.301. The number of hydrogen-bond acceptors (Lipinski definition) is 5. The Kier molecular flexibility index (Phi) is 6.49. The summed E-state index contributed by atoms with van der Waals surface area (Å²) in [7, 11) is 0. The van der Waals surface area contributed by atoms with E-state index >= 15 is 0 Å². The van der Waals surface area contributed by atoms with Crippen LogP contribution in [0, 0.1) is 11.6 Å². The Balaban J connectivity index is 2.32. The quantitative estimate of drug-likeness (QED) is 0.505. The van der Waals surface area contributed by atoms with E-state index in [4.69, 9.17) is 11.6 Å². The molecule has 0 aliphatic heterocycles. The lowest BCUT2D eigenvalue weighted by Crippen LogP contribution is -2.22. The smallest absolute Gasteiger partial charge is 0.326 e. The molecule has 1 atom stereocenters. The van der Waals surface area contributed by atoms with Gasteiger partial charge in [-0.3, -0.25) is 9.78 Å². The fourth-order valence-electron chi connectivity index (χ4n) is 2.70. The van der Waals surface area contributed by atoms with Gasteiger partial charge in [-0.15, -0.1) is 11.8 Å². The zero-order valence-electron chi connectivity index (χ0n) is 14.5. The number of H-pyrrole nitrogens is 2. The lowest BCUT2D eigenvalue weighted by Gasteiger charge is -2.17. The summed E-state index contributed by atoms with van der Waals surface area (Å²) in [6.45, 7) is -0.0794. The predicted molar refractivity (Wildman–Crippen MR) is 111 cm³/mol. The third kappa shape index (κ3) is 4.12. The van der Waals surface area contributed by atoms with Crippen molar-refractivity contribution in [2.45, 2.75) is 10.1 Å². The molecule has 0 aliphatic rings. The molecule has 28 heavy (non-hydrogen) atoms. The van der Waals surface area contributed by atoms with Gasteiger partial charge < -0.3 is 10.1 Å². The van der Waals surface area contributed by atoms with Crippen molar-refractivity contribution in [2.24, 2.45) is 0 Å². The number of thioether (sulfide) groups is 2. The number of nitrogens with one attached hydrogen (secondary N) is 2. The first-order valence-electron chi connectivity index (χ1n) is 8.06. The van der Waals surface area contributed by atoms with Gasteiger partial charge in [0.1, 0.15) is 11.6 Å². The summed E-state index contributed by atoms with van der Waals surface area (Å²) in [6, 6.07) is 4.44. The number of aliphatic hydroxyl groups is 1. The maximum Gasteiger partial charge on any atom is 0.326 e. The molecule has 2 aromatic carbocycles. The molecule has 3 rings (SSSR count). The molecular formula is C18H15ClF2N2O3S2. The Morgan fingerprint density at radius 2 is 1.96 bits per heavy atom. The molecule has 1 heterocycles. The van der Waals surface area contributed by atoms with Crippen LogP contribution in [0.2, 0.25) is 5.02 Å². The molecule has 1 unspecified atom stereocenters.